The highest BCUT2D eigenvalue weighted by Crippen LogP contribution is 2.36. The van der Waals surface area contributed by atoms with Gasteiger partial charge in [-0.3, -0.25) is 29.1 Å². The number of allylic oxidation sites excluding steroid dienone is 1. The summed E-state index contributed by atoms with van der Waals surface area (Å²) in [7, 11) is 1.79. The quantitative estimate of drug-likeness (QED) is 0.0545. The molecule has 0 saturated carbocycles. The van der Waals surface area contributed by atoms with E-state index >= 15 is 0 Å². The molecule has 2 fully saturated rings. The van der Waals surface area contributed by atoms with E-state index in [0.29, 0.717) is 57.9 Å². The third kappa shape index (κ3) is 16.9. The first-order valence-electron chi connectivity index (χ1n) is 28.0. The smallest absolute Gasteiger partial charge is 0.416 e. The number of aliphatic imine (C=N–C) groups is 1. The van der Waals surface area contributed by atoms with Crippen molar-refractivity contribution in [3.8, 4) is 23.3 Å². The molecule has 0 spiro atoms. The minimum absolute atomic E-state index is 0.167. The average Bonchev–Trinajstić information content (AvgIpc) is 3.45. The van der Waals surface area contributed by atoms with Gasteiger partial charge >= 0.3 is 12.4 Å². The van der Waals surface area contributed by atoms with Crippen LogP contribution in [-0.2, 0) is 45.3 Å². The Hall–Kier alpha value is -8.38. The van der Waals surface area contributed by atoms with Crippen LogP contribution < -0.4 is 20.1 Å². The van der Waals surface area contributed by atoms with Crippen LogP contribution in [0.25, 0.3) is 0 Å². The van der Waals surface area contributed by atoms with Gasteiger partial charge in [-0.05, 0) is 90.7 Å². The van der Waals surface area contributed by atoms with Gasteiger partial charge in [0.15, 0.2) is 11.6 Å². The summed E-state index contributed by atoms with van der Waals surface area (Å²) in [6.07, 6.45) is 0.710. The zero-order chi connectivity index (χ0) is 60.3. The molecule has 3 aliphatic heterocycles. The maximum absolute atomic E-state index is 14.1. The highest BCUT2D eigenvalue weighted by atomic mass is 19.4. The molecule has 3 aromatic heterocycles. The van der Waals surface area contributed by atoms with Gasteiger partial charge in [0, 0.05) is 133 Å². The molecule has 0 radical (unpaired) electrons. The fraction of sp³-hybridized carbons (Fsp3) is 0.355. The van der Waals surface area contributed by atoms with Crippen molar-refractivity contribution in [1.29, 1.82) is 0 Å². The number of benzene rings is 4. The summed E-state index contributed by atoms with van der Waals surface area (Å²) in [6, 6.07) is 21.6. The van der Waals surface area contributed by atoms with Gasteiger partial charge < -0.3 is 29.9 Å². The van der Waals surface area contributed by atoms with Crippen LogP contribution >= 0.6 is 0 Å². The number of hydrogen-bond acceptors (Lipinski definition) is 16. The molecule has 0 atom stereocenters. The number of nitrogens with zero attached hydrogens (tertiary/aromatic N) is 11. The van der Waals surface area contributed by atoms with Crippen molar-refractivity contribution in [3.63, 3.8) is 0 Å². The Labute approximate surface area is 489 Å². The number of halogens is 6. The van der Waals surface area contributed by atoms with Crippen LogP contribution in [0.1, 0.15) is 79.1 Å². The lowest BCUT2D eigenvalue weighted by molar-refractivity contribution is -0.139. The largest absolute Gasteiger partial charge is 0.439 e. The fourth-order valence-corrected chi connectivity index (χ4v) is 9.95. The molecular weight excluding hydrogens is 1100 g/mol. The molecule has 10 rings (SSSR count). The van der Waals surface area contributed by atoms with E-state index in [1.54, 1.807) is 103 Å². The monoisotopic (exact) mass is 1170 g/mol. The van der Waals surface area contributed by atoms with Crippen LogP contribution in [0, 0.1) is 13.8 Å². The van der Waals surface area contributed by atoms with Crippen LogP contribution in [0.4, 0.5) is 43.9 Å². The topological polar surface area (TPSA) is 171 Å². The molecule has 4 aromatic carbocycles. The molecule has 7 aromatic rings. The van der Waals surface area contributed by atoms with E-state index < -0.39 is 23.5 Å². The summed E-state index contributed by atoms with van der Waals surface area (Å²) in [6.45, 7) is 17.0. The minimum atomic E-state index is -4.52. The molecule has 0 amide bonds. The molecule has 0 bridgehead atoms. The first-order chi connectivity index (χ1) is 40.7. The lowest BCUT2D eigenvalue weighted by Crippen LogP contribution is -2.45. The standard InChI is InChI=1S/C31H34F3N7O2.C31H33F3N6O2/c1-4-40-11-13-41(14-12-40)19-24-8-6-22(15-26(24)31(32,33)34)16-27(42)23-7-5-21(2)28(17-23)43-29-9-10-35-30(38-29)37-25-18-36-39(3)20-25;1-3-39-12-14-40(15-13-39)20-24-7-5-22(16-26(24)31(32,33)34)17-27(41)23-6-4-21(2)28(18-23)42-29-9-11-36-30(38-29)37-25-8-10-35-19-25/h5-10,15,17-18,20H,4,11-14,16,19H2,1-3H3,(H,35,37,38);4-9,11,16,18-19H,3,10,12-15,17,20H2,1-2H3,(H,36,37,38). The number of alkyl halides is 6. The predicted octanol–water partition coefficient (Wildman–Crippen LogP) is 11.2. The van der Waals surface area contributed by atoms with Crippen LogP contribution in [0.5, 0.6) is 23.3 Å². The Morgan fingerprint density at radius 3 is 1.46 bits per heavy atom. The number of aryl methyl sites for hydroxylation is 3. The van der Waals surface area contributed by atoms with Crippen molar-refractivity contribution >= 4 is 35.4 Å². The molecule has 6 heterocycles. The number of ether oxygens (including phenoxy) is 2. The van der Waals surface area contributed by atoms with E-state index in [1.165, 1.54) is 12.1 Å². The third-order valence-corrected chi connectivity index (χ3v) is 14.9. The zero-order valence-corrected chi connectivity index (χ0v) is 48.0. The SMILES string of the molecule is CCN1CCN(Cc2ccc(CC(=O)c3ccc(C)c(Oc4ccnc(NC5=CCN=C5)n4)c3)cc2C(F)(F)F)CC1.CCN1CCN(Cc2ccc(CC(=O)c3ccc(C)c(Oc4ccnc(Nc5cnn(C)c5)n4)c3)cc2C(F)(F)F)CC1. The number of likely N-dealkylation sites (N-methyl/N-ethyl adjacent to an activating group) is 2. The number of nitrogens with one attached hydrogen (secondary N) is 2. The van der Waals surface area contributed by atoms with E-state index in [4.69, 9.17) is 9.47 Å². The van der Waals surface area contributed by atoms with Crippen molar-refractivity contribution in [1.82, 2.24) is 49.3 Å². The lowest BCUT2D eigenvalue weighted by Gasteiger charge is -2.34. The van der Waals surface area contributed by atoms with Gasteiger partial charge in [0.05, 0.1) is 35.3 Å². The summed E-state index contributed by atoms with van der Waals surface area (Å²) >= 11 is 0. The van der Waals surface area contributed by atoms with Gasteiger partial charge in [0.2, 0.25) is 23.7 Å². The molecule has 0 unspecified atom stereocenters. The molecular formula is C62H67F6N13O4. The maximum atomic E-state index is 14.1. The predicted molar refractivity (Wildman–Crippen MR) is 312 cm³/mol. The molecule has 17 nitrogen and oxygen atoms in total. The number of aromatic nitrogens is 6. The van der Waals surface area contributed by atoms with Crippen molar-refractivity contribution in [2.24, 2.45) is 12.0 Å². The molecule has 23 heteroatoms. The van der Waals surface area contributed by atoms with Crippen molar-refractivity contribution < 1.29 is 45.4 Å². The highest BCUT2D eigenvalue weighted by Gasteiger charge is 2.36. The van der Waals surface area contributed by atoms with Crippen LogP contribution in [0.3, 0.4) is 0 Å². The Balaban J connectivity index is 0.000000204. The molecule has 0 aliphatic carbocycles. The van der Waals surface area contributed by atoms with Gasteiger partial charge in [0.1, 0.15) is 11.5 Å². The molecule has 3 aliphatic rings. The van der Waals surface area contributed by atoms with E-state index in [-0.39, 0.29) is 60.4 Å². The minimum Gasteiger partial charge on any atom is -0.439 e. The van der Waals surface area contributed by atoms with Gasteiger partial charge in [-0.15, -0.1) is 0 Å². The zero-order valence-electron chi connectivity index (χ0n) is 48.0. The number of carbonyl (C=O) groups excluding carboxylic acids is 2. The Kier molecular flexibility index (Phi) is 19.8. The Morgan fingerprint density at radius 1 is 0.588 bits per heavy atom. The number of piperazine rings is 2. The van der Waals surface area contributed by atoms with Gasteiger partial charge in [-0.1, -0.05) is 62.4 Å². The number of anilines is 3. The Morgan fingerprint density at radius 2 is 1.05 bits per heavy atom. The van der Waals surface area contributed by atoms with E-state index in [9.17, 15) is 35.9 Å². The number of ketones is 2. The molecule has 446 valence electrons. The number of carbonyl (C=O) groups is 2. The van der Waals surface area contributed by atoms with Gasteiger partial charge in [-0.25, -0.2) is 9.97 Å². The van der Waals surface area contributed by atoms with Gasteiger partial charge in [0.25, 0.3) is 0 Å². The Bertz CT molecular complexity index is 3540. The molecule has 2 saturated heterocycles. The third-order valence-electron chi connectivity index (χ3n) is 14.9. The molecule has 2 N–H and O–H groups in total. The number of rotatable bonds is 20. The number of Topliss-reactive ketones (excluding diaryl/α,β-unsaturated/α-hetero) is 2. The van der Waals surface area contributed by atoms with E-state index in [2.05, 4.69) is 64.3 Å². The van der Waals surface area contributed by atoms with Crippen molar-refractivity contribution in [2.45, 2.75) is 66.0 Å². The van der Waals surface area contributed by atoms with Gasteiger partial charge in [-0.2, -0.15) is 41.4 Å². The van der Waals surface area contributed by atoms with E-state index in [0.717, 1.165) is 94.4 Å². The maximum Gasteiger partial charge on any atom is 0.416 e. The van der Waals surface area contributed by atoms with Crippen molar-refractivity contribution in [2.75, 3.05) is 82.6 Å². The second kappa shape index (κ2) is 27.6. The molecule has 85 heavy (non-hydrogen) atoms. The van der Waals surface area contributed by atoms with Crippen LogP contribution in [0.15, 0.2) is 126 Å². The lowest BCUT2D eigenvalue weighted by atomic mass is 9.97. The summed E-state index contributed by atoms with van der Waals surface area (Å²) in [4.78, 5) is 56.3. The summed E-state index contributed by atoms with van der Waals surface area (Å²) in [5.41, 5.74) is 3.38. The first-order valence-corrected chi connectivity index (χ1v) is 28.0. The van der Waals surface area contributed by atoms with E-state index in [1.807, 2.05) is 29.7 Å². The summed E-state index contributed by atoms with van der Waals surface area (Å²) in [5.74, 6) is 1.38. The normalized spacial score (nSPS) is 15.3. The fourth-order valence-electron chi connectivity index (χ4n) is 9.95. The van der Waals surface area contributed by atoms with Crippen molar-refractivity contribution in [3.05, 3.63) is 177 Å². The summed E-state index contributed by atoms with van der Waals surface area (Å²) < 4.78 is 98.0. The number of hydrogen-bond donors (Lipinski definition) is 2. The second-order valence-corrected chi connectivity index (χ2v) is 21.0. The van der Waals surface area contributed by atoms with Crippen LogP contribution in [0.2, 0.25) is 0 Å². The van der Waals surface area contributed by atoms with Crippen LogP contribution in [-0.4, -0.2) is 139 Å². The highest BCUT2D eigenvalue weighted by molar-refractivity contribution is 5.98. The summed E-state index contributed by atoms with van der Waals surface area (Å²) in [5, 5.41) is 10.2. The average molecular weight is 1170 g/mol. The first kappa shape index (κ1) is 61.2. The second-order valence-electron chi connectivity index (χ2n) is 21.0.